The molecule has 2 nitrogen and oxygen atoms in total. The lowest BCUT2D eigenvalue weighted by molar-refractivity contribution is -0.127. The van der Waals surface area contributed by atoms with Gasteiger partial charge in [0.05, 0.1) is 5.75 Å². The molecule has 1 fully saturated rings. The lowest BCUT2D eigenvalue weighted by Gasteiger charge is -2.15. The Hall–Kier alpha value is -0.480. The molecule has 1 aromatic carbocycles. The van der Waals surface area contributed by atoms with Crippen LogP contribution in [0.1, 0.15) is 6.42 Å². The predicted octanol–water partition coefficient (Wildman–Crippen LogP) is 3.02. The van der Waals surface area contributed by atoms with Gasteiger partial charge >= 0.3 is 0 Å². The number of rotatable bonds is 4. The third kappa shape index (κ3) is 3.75. The first-order chi connectivity index (χ1) is 8.29. The molecule has 1 aliphatic heterocycles. The molecule has 4 heteroatoms. The zero-order valence-electron chi connectivity index (χ0n) is 9.64. The molecule has 1 atom stereocenters. The molecule has 92 valence electrons. The van der Waals surface area contributed by atoms with Crippen molar-refractivity contribution in [1.82, 2.24) is 4.90 Å². The summed E-state index contributed by atoms with van der Waals surface area (Å²) in [6.07, 6.45) is 1.13. The monoisotopic (exact) mass is 313 g/mol. The molecule has 0 aliphatic carbocycles. The standard InChI is InChI=1S/C13H16BrNOS/c14-8-11-6-7-15(9-11)13(16)10-17-12-4-2-1-3-5-12/h1-5,11H,6-10H2. The van der Waals surface area contributed by atoms with Gasteiger partial charge in [-0.3, -0.25) is 4.79 Å². The fourth-order valence-corrected chi connectivity index (χ4v) is 3.29. The maximum atomic E-state index is 12.0. The minimum atomic E-state index is 0.266. The van der Waals surface area contributed by atoms with Crippen molar-refractivity contribution in [2.24, 2.45) is 5.92 Å². The van der Waals surface area contributed by atoms with E-state index in [1.165, 1.54) is 0 Å². The van der Waals surface area contributed by atoms with E-state index >= 15 is 0 Å². The molecular formula is C13H16BrNOS. The summed E-state index contributed by atoms with van der Waals surface area (Å²) in [6.45, 7) is 1.84. The number of carbonyl (C=O) groups is 1. The summed E-state index contributed by atoms with van der Waals surface area (Å²) >= 11 is 5.11. The molecule has 0 N–H and O–H groups in total. The molecule has 0 radical (unpaired) electrons. The molecule has 1 amide bonds. The third-order valence-corrected chi connectivity index (χ3v) is 4.87. The van der Waals surface area contributed by atoms with Crippen molar-refractivity contribution in [3.63, 3.8) is 0 Å². The molecule has 0 bridgehead atoms. The maximum absolute atomic E-state index is 12.0. The summed E-state index contributed by atoms with van der Waals surface area (Å²) in [4.78, 5) is 15.1. The van der Waals surface area contributed by atoms with Crippen LogP contribution < -0.4 is 0 Å². The Balaban J connectivity index is 1.78. The number of benzene rings is 1. The first kappa shape index (κ1) is 13.0. The summed E-state index contributed by atoms with van der Waals surface area (Å²) in [6, 6.07) is 10.1. The highest BCUT2D eigenvalue weighted by Gasteiger charge is 2.24. The van der Waals surface area contributed by atoms with Crippen molar-refractivity contribution in [2.75, 3.05) is 24.2 Å². The Labute approximate surface area is 115 Å². The van der Waals surface area contributed by atoms with Gasteiger partial charge in [-0.25, -0.2) is 0 Å². The van der Waals surface area contributed by atoms with Gasteiger partial charge in [0.1, 0.15) is 0 Å². The third-order valence-electron chi connectivity index (χ3n) is 2.96. The highest BCUT2D eigenvalue weighted by atomic mass is 79.9. The number of carbonyl (C=O) groups excluding carboxylic acids is 1. The lowest BCUT2D eigenvalue weighted by Crippen LogP contribution is -2.30. The topological polar surface area (TPSA) is 20.3 Å². The van der Waals surface area contributed by atoms with Gasteiger partial charge in [0, 0.05) is 23.3 Å². The van der Waals surface area contributed by atoms with Crippen molar-refractivity contribution >= 4 is 33.6 Å². The van der Waals surface area contributed by atoms with E-state index in [0.717, 1.165) is 29.7 Å². The molecule has 1 heterocycles. The van der Waals surface area contributed by atoms with Gasteiger partial charge in [0.15, 0.2) is 0 Å². The van der Waals surface area contributed by atoms with E-state index in [1.807, 2.05) is 35.2 Å². The molecule has 1 aliphatic rings. The van der Waals surface area contributed by atoms with Gasteiger partial charge in [-0.15, -0.1) is 11.8 Å². The molecule has 1 unspecified atom stereocenters. The summed E-state index contributed by atoms with van der Waals surface area (Å²) in [5.74, 6) is 1.46. The minimum absolute atomic E-state index is 0.266. The molecule has 0 saturated carbocycles. The zero-order chi connectivity index (χ0) is 12.1. The average Bonchev–Trinajstić information content (AvgIpc) is 2.86. The van der Waals surface area contributed by atoms with Crippen molar-refractivity contribution < 1.29 is 4.79 Å². The van der Waals surface area contributed by atoms with E-state index in [9.17, 15) is 4.79 Å². The maximum Gasteiger partial charge on any atom is 0.232 e. The summed E-state index contributed by atoms with van der Waals surface area (Å²) < 4.78 is 0. The molecule has 1 aromatic rings. The van der Waals surface area contributed by atoms with Gasteiger partial charge < -0.3 is 4.90 Å². The van der Waals surface area contributed by atoms with E-state index in [-0.39, 0.29) is 5.91 Å². The first-order valence-electron chi connectivity index (χ1n) is 5.81. The SMILES string of the molecule is O=C(CSc1ccccc1)N1CCC(CBr)C1. The van der Waals surface area contributed by atoms with Crippen LogP contribution in [0.3, 0.4) is 0 Å². The Morgan fingerprint density at radius 1 is 1.41 bits per heavy atom. The zero-order valence-corrected chi connectivity index (χ0v) is 12.0. The molecule has 0 spiro atoms. The Bertz CT molecular complexity index is 371. The number of hydrogen-bond acceptors (Lipinski definition) is 2. The Morgan fingerprint density at radius 2 is 2.18 bits per heavy atom. The van der Waals surface area contributed by atoms with E-state index in [0.29, 0.717) is 11.7 Å². The summed E-state index contributed by atoms with van der Waals surface area (Å²) in [5.41, 5.74) is 0. The molecule has 17 heavy (non-hydrogen) atoms. The van der Waals surface area contributed by atoms with Crippen LogP contribution in [0.5, 0.6) is 0 Å². The van der Waals surface area contributed by atoms with Crippen LogP contribution in [0.15, 0.2) is 35.2 Å². The smallest absolute Gasteiger partial charge is 0.232 e. The fraction of sp³-hybridized carbons (Fsp3) is 0.462. The Morgan fingerprint density at radius 3 is 2.82 bits per heavy atom. The highest BCUT2D eigenvalue weighted by Crippen LogP contribution is 2.21. The number of thioether (sulfide) groups is 1. The van der Waals surface area contributed by atoms with Gasteiger partial charge in [-0.2, -0.15) is 0 Å². The average molecular weight is 314 g/mol. The van der Waals surface area contributed by atoms with Crippen molar-refractivity contribution in [2.45, 2.75) is 11.3 Å². The van der Waals surface area contributed by atoms with Crippen molar-refractivity contribution in [3.8, 4) is 0 Å². The number of halogens is 1. The summed E-state index contributed by atoms with van der Waals surface area (Å²) in [7, 11) is 0. The van der Waals surface area contributed by atoms with Crippen molar-refractivity contribution in [3.05, 3.63) is 30.3 Å². The second kappa shape index (κ2) is 6.45. The molecule has 0 aromatic heterocycles. The van der Waals surface area contributed by atoms with Crippen LogP contribution >= 0.6 is 27.7 Å². The van der Waals surface area contributed by atoms with Gasteiger partial charge in [0.25, 0.3) is 0 Å². The fourth-order valence-electron chi connectivity index (χ4n) is 1.94. The van der Waals surface area contributed by atoms with E-state index in [4.69, 9.17) is 0 Å². The summed E-state index contributed by atoms with van der Waals surface area (Å²) in [5, 5.41) is 1.00. The number of nitrogens with zero attached hydrogens (tertiary/aromatic N) is 1. The van der Waals surface area contributed by atoms with E-state index in [1.54, 1.807) is 11.8 Å². The van der Waals surface area contributed by atoms with Crippen LogP contribution in [-0.2, 0) is 4.79 Å². The first-order valence-corrected chi connectivity index (χ1v) is 7.92. The molecular weight excluding hydrogens is 298 g/mol. The number of likely N-dealkylation sites (tertiary alicyclic amines) is 1. The van der Waals surface area contributed by atoms with Crippen LogP contribution in [0, 0.1) is 5.92 Å². The van der Waals surface area contributed by atoms with E-state index < -0.39 is 0 Å². The largest absolute Gasteiger partial charge is 0.342 e. The van der Waals surface area contributed by atoms with Gasteiger partial charge in [-0.1, -0.05) is 34.1 Å². The molecule has 2 rings (SSSR count). The van der Waals surface area contributed by atoms with Crippen LogP contribution in [0.2, 0.25) is 0 Å². The predicted molar refractivity (Wildman–Crippen MR) is 75.6 cm³/mol. The van der Waals surface area contributed by atoms with Gasteiger partial charge in [-0.05, 0) is 24.5 Å². The molecule has 1 saturated heterocycles. The normalized spacial score (nSPS) is 19.6. The van der Waals surface area contributed by atoms with E-state index in [2.05, 4.69) is 15.9 Å². The lowest BCUT2D eigenvalue weighted by atomic mass is 10.2. The number of amides is 1. The van der Waals surface area contributed by atoms with Gasteiger partial charge in [0.2, 0.25) is 5.91 Å². The number of hydrogen-bond donors (Lipinski definition) is 0. The van der Waals surface area contributed by atoms with Crippen LogP contribution in [0.4, 0.5) is 0 Å². The Kier molecular flexibility index (Phi) is 4.92. The second-order valence-electron chi connectivity index (χ2n) is 4.25. The van der Waals surface area contributed by atoms with Crippen molar-refractivity contribution in [1.29, 1.82) is 0 Å². The van der Waals surface area contributed by atoms with Crippen LogP contribution in [0.25, 0.3) is 0 Å². The van der Waals surface area contributed by atoms with Crippen LogP contribution in [-0.4, -0.2) is 35.0 Å². The second-order valence-corrected chi connectivity index (χ2v) is 5.95. The number of alkyl halides is 1. The quantitative estimate of drug-likeness (QED) is 0.629. The highest BCUT2D eigenvalue weighted by molar-refractivity contribution is 9.09. The minimum Gasteiger partial charge on any atom is -0.342 e.